The van der Waals surface area contributed by atoms with Gasteiger partial charge in [-0.3, -0.25) is 4.79 Å². The van der Waals surface area contributed by atoms with Gasteiger partial charge < -0.3 is 18.9 Å². The number of carbonyl (C=O) groups excluding carboxylic acids is 2. The van der Waals surface area contributed by atoms with Gasteiger partial charge in [0.1, 0.15) is 17.2 Å². The largest absolute Gasteiger partial charge is 0.497 e. The molecule has 0 aliphatic carbocycles. The monoisotopic (exact) mass is 378 g/mol. The van der Waals surface area contributed by atoms with E-state index in [1.165, 1.54) is 20.3 Å². The number of hydrogen-bond donors (Lipinski definition) is 0. The molecule has 2 aromatic carbocycles. The van der Waals surface area contributed by atoms with Gasteiger partial charge in [-0.25, -0.2) is 4.79 Å². The second kappa shape index (κ2) is 9.10. The molecule has 26 heavy (non-hydrogen) atoms. The molecule has 0 spiro atoms. The molecule has 0 atom stereocenters. The first kappa shape index (κ1) is 19.6. The Morgan fingerprint density at radius 2 is 1.69 bits per heavy atom. The minimum absolute atomic E-state index is 0.272. The summed E-state index contributed by atoms with van der Waals surface area (Å²) in [5.74, 6) is 0.334. The Hall–Kier alpha value is -2.73. The van der Waals surface area contributed by atoms with Crippen LogP contribution in [0, 0.1) is 6.92 Å². The van der Waals surface area contributed by atoms with Crippen molar-refractivity contribution >= 4 is 23.4 Å². The predicted octanol–water partition coefficient (Wildman–Crippen LogP) is 3.47. The van der Waals surface area contributed by atoms with E-state index < -0.39 is 18.4 Å². The maximum Gasteiger partial charge on any atom is 0.344 e. The van der Waals surface area contributed by atoms with Gasteiger partial charge in [-0.2, -0.15) is 0 Å². The van der Waals surface area contributed by atoms with Crippen molar-refractivity contribution < 1.29 is 28.5 Å². The number of benzene rings is 2. The van der Waals surface area contributed by atoms with Gasteiger partial charge in [0, 0.05) is 5.02 Å². The Kier molecular flexibility index (Phi) is 6.86. The van der Waals surface area contributed by atoms with Crippen LogP contribution in [-0.2, 0) is 9.53 Å². The van der Waals surface area contributed by atoms with Crippen LogP contribution >= 0.6 is 11.6 Å². The second-order valence-electron chi connectivity index (χ2n) is 5.35. The lowest BCUT2D eigenvalue weighted by Crippen LogP contribution is -2.20. The van der Waals surface area contributed by atoms with E-state index in [1.54, 1.807) is 30.3 Å². The zero-order valence-electron chi connectivity index (χ0n) is 14.7. The Balaban J connectivity index is 1.91. The molecule has 7 heteroatoms. The van der Waals surface area contributed by atoms with Crippen LogP contribution in [0.25, 0.3) is 0 Å². The lowest BCUT2D eigenvalue weighted by atomic mass is 10.1. The maximum atomic E-state index is 12.3. The molecule has 0 heterocycles. The number of rotatable bonds is 8. The van der Waals surface area contributed by atoms with Crippen LogP contribution in [0.4, 0.5) is 0 Å². The van der Waals surface area contributed by atoms with Crippen LogP contribution in [0.2, 0.25) is 5.02 Å². The summed E-state index contributed by atoms with van der Waals surface area (Å²) in [4.78, 5) is 24.1. The van der Waals surface area contributed by atoms with Crippen LogP contribution in [0.5, 0.6) is 17.2 Å². The normalized spacial score (nSPS) is 10.2. The van der Waals surface area contributed by atoms with Gasteiger partial charge in [-0.05, 0) is 48.9 Å². The average Bonchev–Trinajstić information content (AvgIpc) is 2.64. The van der Waals surface area contributed by atoms with Crippen LogP contribution < -0.4 is 14.2 Å². The highest BCUT2D eigenvalue weighted by molar-refractivity contribution is 6.30. The van der Waals surface area contributed by atoms with E-state index in [-0.39, 0.29) is 12.2 Å². The molecule has 2 rings (SSSR count). The van der Waals surface area contributed by atoms with Crippen molar-refractivity contribution in [2.24, 2.45) is 0 Å². The lowest BCUT2D eigenvalue weighted by Gasteiger charge is -2.11. The van der Waals surface area contributed by atoms with E-state index in [9.17, 15) is 9.59 Å². The number of hydrogen-bond acceptors (Lipinski definition) is 6. The summed E-state index contributed by atoms with van der Waals surface area (Å²) < 4.78 is 20.6. The Labute approximate surface area is 156 Å². The van der Waals surface area contributed by atoms with Crippen LogP contribution in [0.3, 0.4) is 0 Å². The highest BCUT2D eigenvalue weighted by atomic mass is 35.5. The molecular weight excluding hydrogens is 360 g/mol. The number of ketones is 1. The van der Waals surface area contributed by atoms with Crippen molar-refractivity contribution in [3.8, 4) is 17.2 Å². The minimum atomic E-state index is -0.658. The molecule has 0 saturated carbocycles. The van der Waals surface area contributed by atoms with E-state index in [0.717, 1.165) is 5.56 Å². The van der Waals surface area contributed by atoms with Crippen molar-refractivity contribution in [2.45, 2.75) is 6.92 Å². The predicted molar refractivity (Wildman–Crippen MR) is 96.5 cm³/mol. The van der Waals surface area contributed by atoms with Crippen LogP contribution in [0.1, 0.15) is 15.9 Å². The summed E-state index contributed by atoms with van der Waals surface area (Å²) >= 11 is 5.86. The average molecular weight is 379 g/mol. The zero-order valence-corrected chi connectivity index (χ0v) is 15.5. The van der Waals surface area contributed by atoms with Crippen molar-refractivity contribution in [1.82, 2.24) is 0 Å². The summed E-state index contributed by atoms with van der Waals surface area (Å²) in [6, 6.07) is 9.86. The highest BCUT2D eigenvalue weighted by Crippen LogP contribution is 2.24. The minimum Gasteiger partial charge on any atom is -0.497 e. The van der Waals surface area contributed by atoms with Gasteiger partial charge in [-0.15, -0.1) is 0 Å². The van der Waals surface area contributed by atoms with E-state index in [2.05, 4.69) is 0 Å². The molecule has 0 N–H and O–H groups in total. The molecule has 0 radical (unpaired) electrons. The molecule has 0 bridgehead atoms. The van der Waals surface area contributed by atoms with E-state index in [0.29, 0.717) is 22.3 Å². The molecule has 0 unspecified atom stereocenters. The van der Waals surface area contributed by atoms with E-state index >= 15 is 0 Å². The van der Waals surface area contributed by atoms with Gasteiger partial charge in [0.05, 0.1) is 19.8 Å². The third-order valence-corrected chi connectivity index (χ3v) is 3.79. The van der Waals surface area contributed by atoms with Crippen molar-refractivity contribution in [3.63, 3.8) is 0 Å². The van der Waals surface area contributed by atoms with Gasteiger partial charge in [0.15, 0.2) is 13.2 Å². The third-order valence-electron chi connectivity index (χ3n) is 3.55. The fourth-order valence-electron chi connectivity index (χ4n) is 2.21. The number of Topliss-reactive ketones (excluding diaryl/α,β-unsaturated/α-hetero) is 1. The smallest absolute Gasteiger partial charge is 0.344 e. The highest BCUT2D eigenvalue weighted by Gasteiger charge is 2.16. The summed E-state index contributed by atoms with van der Waals surface area (Å²) in [6.45, 7) is 1.07. The van der Waals surface area contributed by atoms with Gasteiger partial charge in [0.2, 0.25) is 5.78 Å². The Bertz CT molecular complexity index is 803. The lowest BCUT2D eigenvalue weighted by molar-refractivity contribution is -0.144. The second-order valence-corrected chi connectivity index (χ2v) is 5.79. The van der Waals surface area contributed by atoms with E-state index in [4.69, 9.17) is 30.5 Å². The summed E-state index contributed by atoms with van der Waals surface area (Å²) in [5, 5.41) is 0.579. The van der Waals surface area contributed by atoms with Gasteiger partial charge in [0.25, 0.3) is 0 Å². The Morgan fingerprint density at radius 3 is 2.35 bits per heavy atom. The first-order valence-corrected chi connectivity index (χ1v) is 8.12. The molecule has 0 saturated heterocycles. The molecule has 2 aromatic rings. The fraction of sp³-hybridized carbons (Fsp3) is 0.263. The zero-order chi connectivity index (χ0) is 19.1. The quantitative estimate of drug-likeness (QED) is 0.517. The van der Waals surface area contributed by atoms with Crippen molar-refractivity contribution in [2.75, 3.05) is 27.4 Å². The SMILES string of the molecule is COc1ccc(OC)c(C(=O)COC(=O)COc2ccc(Cl)cc2C)c1. The topological polar surface area (TPSA) is 71.1 Å². The standard InChI is InChI=1S/C19H19ClO6/c1-12-8-13(20)4-6-17(12)25-11-19(22)26-10-16(21)15-9-14(23-2)5-7-18(15)24-3/h4-9H,10-11H2,1-3H3. The molecule has 0 amide bonds. The number of halogens is 1. The number of esters is 1. The fourth-order valence-corrected chi connectivity index (χ4v) is 2.44. The van der Waals surface area contributed by atoms with Gasteiger partial charge in [-0.1, -0.05) is 11.6 Å². The summed E-state index contributed by atoms with van der Waals surface area (Å²) in [7, 11) is 2.94. The molecule has 0 aliphatic rings. The first-order valence-electron chi connectivity index (χ1n) is 7.74. The number of methoxy groups -OCH3 is 2. The number of ether oxygens (including phenoxy) is 4. The molecule has 0 fully saturated rings. The Morgan fingerprint density at radius 1 is 0.962 bits per heavy atom. The number of aryl methyl sites for hydroxylation is 1. The van der Waals surface area contributed by atoms with Crippen LogP contribution in [0.15, 0.2) is 36.4 Å². The number of carbonyl (C=O) groups is 2. The maximum absolute atomic E-state index is 12.3. The van der Waals surface area contributed by atoms with Crippen molar-refractivity contribution in [1.29, 1.82) is 0 Å². The summed E-state index contributed by atoms with van der Waals surface area (Å²) in [5.41, 5.74) is 1.07. The molecule has 6 nitrogen and oxygen atoms in total. The summed E-state index contributed by atoms with van der Waals surface area (Å²) in [6.07, 6.45) is 0. The molecule has 0 aliphatic heterocycles. The van der Waals surface area contributed by atoms with Gasteiger partial charge >= 0.3 is 5.97 Å². The third kappa shape index (κ3) is 5.13. The molecular formula is C19H19ClO6. The molecule has 0 aromatic heterocycles. The first-order chi connectivity index (χ1) is 12.4. The van der Waals surface area contributed by atoms with E-state index in [1.807, 2.05) is 6.92 Å². The molecule has 138 valence electrons. The van der Waals surface area contributed by atoms with Crippen LogP contribution in [-0.4, -0.2) is 39.2 Å². The van der Waals surface area contributed by atoms with Crippen molar-refractivity contribution in [3.05, 3.63) is 52.5 Å².